The molecule has 0 N–H and O–H groups in total. The first-order valence-electron chi connectivity index (χ1n) is 6.22. The topological polar surface area (TPSA) is 59.5 Å². The minimum atomic E-state index is -0.512. The summed E-state index contributed by atoms with van der Waals surface area (Å²) in [6.07, 6.45) is 0. The molecule has 0 saturated heterocycles. The van der Waals surface area contributed by atoms with E-state index in [9.17, 15) is 9.59 Å². The van der Waals surface area contributed by atoms with Crippen molar-refractivity contribution in [2.24, 2.45) is 0 Å². The van der Waals surface area contributed by atoms with Crippen LogP contribution in [0, 0.1) is 6.92 Å². The zero-order valence-corrected chi connectivity index (χ0v) is 11.7. The van der Waals surface area contributed by atoms with Crippen LogP contribution in [-0.2, 0) is 9.53 Å². The Labute approximate surface area is 117 Å². The Balaban J connectivity index is 2.28. The number of hydrogen-bond donors (Lipinski definition) is 0. The molecule has 5 heteroatoms. The van der Waals surface area contributed by atoms with Crippen molar-refractivity contribution in [3.8, 4) is 0 Å². The van der Waals surface area contributed by atoms with Crippen molar-refractivity contribution in [1.29, 1.82) is 0 Å². The quantitative estimate of drug-likeness (QED) is 0.799. The van der Waals surface area contributed by atoms with Crippen molar-refractivity contribution in [3.05, 3.63) is 41.6 Å². The molecule has 0 saturated carbocycles. The maximum Gasteiger partial charge on any atom is 0.339 e. The van der Waals surface area contributed by atoms with E-state index in [1.165, 1.54) is 4.90 Å². The summed E-state index contributed by atoms with van der Waals surface area (Å²) < 4.78 is 5.06. The molecule has 1 aromatic heterocycles. The van der Waals surface area contributed by atoms with Crippen LogP contribution < -0.4 is 0 Å². The second-order valence-corrected chi connectivity index (χ2v) is 4.69. The van der Waals surface area contributed by atoms with Crippen molar-refractivity contribution in [3.63, 3.8) is 0 Å². The average molecular weight is 272 g/mol. The van der Waals surface area contributed by atoms with Crippen LogP contribution in [-0.4, -0.2) is 42.5 Å². The molecule has 0 atom stereocenters. The van der Waals surface area contributed by atoms with Gasteiger partial charge in [-0.1, -0.05) is 18.2 Å². The van der Waals surface area contributed by atoms with Crippen LogP contribution in [0.15, 0.2) is 30.3 Å². The lowest BCUT2D eigenvalue weighted by molar-refractivity contribution is -0.131. The van der Waals surface area contributed by atoms with Gasteiger partial charge < -0.3 is 9.64 Å². The Morgan fingerprint density at radius 2 is 1.95 bits per heavy atom. The van der Waals surface area contributed by atoms with E-state index in [0.29, 0.717) is 5.56 Å². The SMILES string of the molecule is Cc1cc(C(=O)OCC(=O)N(C)C)c2ccccc2n1. The van der Waals surface area contributed by atoms with E-state index in [2.05, 4.69) is 4.98 Å². The lowest BCUT2D eigenvalue weighted by atomic mass is 10.1. The highest BCUT2D eigenvalue weighted by molar-refractivity contribution is 6.04. The van der Waals surface area contributed by atoms with Crippen LogP contribution in [0.5, 0.6) is 0 Å². The number of nitrogens with zero attached hydrogens (tertiary/aromatic N) is 2. The van der Waals surface area contributed by atoms with Crippen LogP contribution in [0.25, 0.3) is 10.9 Å². The van der Waals surface area contributed by atoms with E-state index in [-0.39, 0.29) is 12.5 Å². The summed E-state index contributed by atoms with van der Waals surface area (Å²) in [6.45, 7) is 1.55. The molecule has 2 aromatic rings. The Hall–Kier alpha value is -2.43. The number of rotatable bonds is 3. The number of para-hydroxylation sites is 1. The smallest absolute Gasteiger partial charge is 0.339 e. The largest absolute Gasteiger partial charge is 0.452 e. The van der Waals surface area contributed by atoms with E-state index in [4.69, 9.17) is 4.74 Å². The number of aromatic nitrogens is 1. The number of benzene rings is 1. The van der Waals surface area contributed by atoms with Gasteiger partial charge in [0.25, 0.3) is 5.91 Å². The third-order valence-corrected chi connectivity index (χ3v) is 2.89. The first kappa shape index (κ1) is 14.0. The molecule has 0 bridgehead atoms. The number of hydrogen-bond acceptors (Lipinski definition) is 4. The molecule has 0 unspecified atom stereocenters. The molecule has 1 heterocycles. The molecule has 0 aliphatic rings. The van der Waals surface area contributed by atoms with Crippen LogP contribution in [0.3, 0.4) is 0 Å². The van der Waals surface area contributed by atoms with Gasteiger partial charge in [0.15, 0.2) is 6.61 Å². The highest BCUT2D eigenvalue weighted by Gasteiger charge is 2.15. The van der Waals surface area contributed by atoms with Gasteiger partial charge in [-0.25, -0.2) is 4.79 Å². The normalized spacial score (nSPS) is 10.3. The molecule has 5 nitrogen and oxygen atoms in total. The maximum absolute atomic E-state index is 12.1. The molecule has 1 aromatic carbocycles. The van der Waals surface area contributed by atoms with E-state index in [1.807, 2.05) is 31.2 Å². The number of pyridine rings is 1. The number of aryl methyl sites for hydroxylation is 1. The third kappa shape index (κ3) is 2.93. The Kier molecular flexibility index (Phi) is 3.98. The average Bonchev–Trinajstić information content (AvgIpc) is 2.43. The van der Waals surface area contributed by atoms with Crippen LogP contribution in [0.4, 0.5) is 0 Å². The molecular formula is C15H16N2O3. The summed E-state index contributed by atoms with van der Waals surface area (Å²) in [6, 6.07) is 9.02. The minimum Gasteiger partial charge on any atom is -0.452 e. The van der Waals surface area contributed by atoms with Gasteiger partial charge >= 0.3 is 5.97 Å². The van der Waals surface area contributed by atoms with Gasteiger partial charge in [0.2, 0.25) is 0 Å². The first-order chi connectivity index (χ1) is 9.49. The van der Waals surface area contributed by atoms with E-state index in [0.717, 1.165) is 16.6 Å². The van der Waals surface area contributed by atoms with Gasteiger partial charge in [-0.05, 0) is 19.1 Å². The van der Waals surface area contributed by atoms with Gasteiger partial charge in [0, 0.05) is 25.2 Å². The number of esters is 1. The summed E-state index contributed by atoms with van der Waals surface area (Å²) in [5, 5.41) is 0.723. The molecule has 20 heavy (non-hydrogen) atoms. The van der Waals surface area contributed by atoms with E-state index in [1.54, 1.807) is 20.2 Å². The summed E-state index contributed by atoms with van der Waals surface area (Å²) in [7, 11) is 3.23. The van der Waals surface area contributed by atoms with Gasteiger partial charge in [-0.2, -0.15) is 0 Å². The Morgan fingerprint density at radius 3 is 2.65 bits per heavy atom. The van der Waals surface area contributed by atoms with Gasteiger partial charge in [-0.3, -0.25) is 9.78 Å². The third-order valence-electron chi connectivity index (χ3n) is 2.89. The van der Waals surface area contributed by atoms with Crippen LogP contribution in [0.1, 0.15) is 16.1 Å². The van der Waals surface area contributed by atoms with Crippen molar-refractivity contribution in [2.45, 2.75) is 6.92 Å². The van der Waals surface area contributed by atoms with Crippen molar-refractivity contribution in [2.75, 3.05) is 20.7 Å². The summed E-state index contributed by atoms with van der Waals surface area (Å²) in [4.78, 5) is 29.3. The molecule has 104 valence electrons. The second kappa shape index (κ2) is 5.69. The fraction of sp³-hybridized carbons (Fsp3) is 0.267. The van der Waals surface area contributed by atoms with E-state index >= 15 is 0 Å². The van der Waals surface area contributed by atoms with Gasteiger partial charge in [-0.15, -0.1) is 0 Å². The zero-order chi connectivity index (χ0) is 14.7. The standard InChI is InChI=1S/C15H16N2O3/c1-10-8-12(11-6-4-5-7-13(11)16-10)15(19)20-9-14(18)17(2)3/h4-8H,9H2,1-3H3. The molecule has 0 fully saturated rings. The fourth-order valence-corrected chi connectivity index (χ4v) is 1.81. The van der Waals surface area contributed by atoms with Crippen LogP contribution in [0.2, 0.25) is 0 Å². The molecule has 0 aliphatic carbocycles. The Morgan fingerprint density at radius 1 is 1.25 bits per heavy atom. The number of carbonyl (C=O) groups is 2. The lowest BCUT2D eigenvalue weighted by Crippen LogP contribution is -2.27. The van der Waals surface area contributed by atoms with Gasteiger partial charge in [0.1, 0.15) is 0 Å². The number of amides is 1. The number of likely N-dealkylation sites (N-methyl/N-ethyl adjacent to an activating group) is 1. The second-order valence-electron chi connectivity index (χ2n) is 4.69. The summed E-state index contributed by atoms with van der Waals surface area (Å²) in [5.74, 6) is -0.768. The number of carbonyl (C=O) groups excluding carboxylic acids is 2. The van der Waals surface area contributed by atoms with E-state index < -0.39 is 5.97 Å². The highest BCUT2D eigenvalue weighted by atomic mass is 16.5. The van der Waals surface area contributed by atoms with Crippen molar-refractivity contribution in [1.82, 2.24) is 9.88 Å². The lowest BCUT2D eigenvalue weighted by Gasteiger charge is -2.11. The molecule has 1 amide bonds. The van der Waals surface area contributed by atoms with Gasteiger partial charge in [0.05, 0.1) is 11.1 Å². The highest BCUT2D eigenvalue weighted by Crippen LogP contribution is 2.19. The minimum absolute atomic E-state index is 0.256. The molecule has 0 spiro atoms. The fourth-order valence-electron chi connectivity index (χ4n) is 1.81. The number of ether oxygens (including phenoxy) is 1. The molecular weight excluding hydrogens is 256 g/mol. The summed E-state index contributed by atoms with van der Waals surface area (Å²) >= 11 is 0. The summed E-state index contributed by atoms with van der Waals surface area (Å²) in [5.41, 5.74) is 1.90. The van der Waals surface area contributed by atoms with Crippen LogP contribution >= 0.6 is 0 Å². The predicted molar refractivity (Wildman–Crippen MR) is 75.5 cm³/mol. The predicted octanol–water partition coefficient (Wildman–Crippen LogP) is 1.79. The monoisotopic (exact) mass is 272 g/mol. The molecule has 0 aliphatic heterocycles. The molecule has 0 radical (unpaired) electrons. The van der Waals surface area contributed by atoms with Crippen molar-refractivity contribution < 1.29 is 14.3 Å². The molecule has 2 rings (SSSR count). The Bertz CT molecular complexity index is 665. The zero-order valence-electron chi connectivity index (χ0n) is 11.7. The first-order valence-corrected chi connectivity index (χ1v) is 6.22. The van der Waals surface area contributed by atoms with Crippen molar-refractivity contribution >= 4 is 22.8 Å². The maximum atomic E-state index is 12.1. The number of fused-ring (bicyclic) bond motifs is 1.